The van der Waals surface area contributed by atoms with Crippen molar-refractivity contribution >= 4 is 11.3 Å². The average Bonchev–Trinajstić information content (AvgIpc) is 1.61. The number of hydrogen-bond acceptors (Lipinski definition) is 1. The first kappa shape index (κ1) is 7.07. The Bertz CT molecular complexity index is 66.0. The van der Waals surface area contributed by atoms with Gasteiger partial charge in [0.15, 0.2) is 0 Å². The largest absolute Gasteiger partial charge is 0.294 e. The van der Waals surface area contributed by atoms with Gasteiger partial charge in [0, 0.05) is 6.54 Å². The fraction of sp³-hybridized carbons (Fsp3) is 1.00. The van der Waals surface area contributed by atoms with E-state index in [9.17, 15) is 4.21 Å². The van der Waals surface area contributed by atoms with Gasteiger partial charge < -0.3 is 0 Å². The molecular weight excluding hydrogens is 114 g/mol. The third-order valence-corrected chi connectivity index (χ3v) is 0.927. The van der Waals surface area contributed by atoms with Crippen LogP contribution in [0.5, 0.6) is 0 Å². The Morgan fingerprint density at radius 2 is 2.43 bits per heavy atom. The molecule has 0 spiro atoms. The zero-order valence-corrected chi connectivity index (χ0v) is 4.99. The van der Waals surface area contributed by atoms with Crippen LogP contribution in [0.2, 0.25) is 0 Å². The minimum absolute atomic E-state index is 0.600. The summed E-state index contributed by atoms with van der Waals surface area (Å²) in [6.45, 7) is 2.53. The van der Waals surface area contributed by atoms with E-state index in [1.165, 1.54) is 0 Å². The highest BCUT2D eigenvalue weighted by molar-refractivity contribution is 7.77. The average molecular weight is 123 g/mol. The van der Waals surface area contributed by atoms with Crippen LogP contribution in [0, 0.1) is 0 Å². The smallest absolute Gasteiger partial charge is 0.231 e. The van der Waals surface area contributed by atoms with E-state index < -0.39 is 11.3 Å². The first-order valence-corrected chi connectivity index (χ1v) is 3.22. The van der Waals surface area contributed by atoms with Crippen molar-refractivity contribution in [1.82, 2.24) is 4.72 Å². The van der Waals surface area contributed by atoms with E-state index in [2.05, 4.69) is 4.72 Å². The topological polar surface area (TPSA) is 49.3 Å². The normalized spacial score (nSPS) is 14.0. The molecule has 0 aliphatic rings. The minimum Gasteiger partial charge on any atom is -0.294 e. The molecule has 0 saturated carbocycles. The molecule has 0 aromatic heterocycles. The van der Waals surface area contributed by atoms with Gasteiger partial charge in [-0.15, -0.1) is 0 Å². The zero-order valence-electron chi connectivity index (χ0n) is 4.18. The second-order valence-electron chi connectivity index (χ2n) is 1.14. The molecule has 0 aliphatic carbocycles. The zero-order chi connectivity index (χ0) is 5.70. The molecular formula is C3H9NO2S. The summed E-state index contributed by atoms with van der Waals surface area (Å²) < 4.78 is 20.1. The third-order valence-electron chi connectivity index (χ3n) is 0.476. The van der Waals surface area contributed by atoms with E-state index in [1.807, 2.05) is 6.92 Å². The van der Waals surface area contributed by atoms with Crippen molar-refractivity contribution in [3.8, 4) is 0 Å². The Hall–Kier alpha value is 0.0700. The third kappa shape index (κ3) is 6.07. The predicted molar refractivity (Wildman–Crippen MR) is 29.1 cm³/mol. The van der Waals surface area contributed by atoms with Crippen LogP contribution in [0.15, 0.2) is 0 Å². The van der Waals surface area contributed by atoms with Crippen LogP contribution in [0.4, 0.5) is 0 Å². The lowest BCUT2D eigenvalue weighted by Gasteiger charge is -1.90. The Morgan fingerprint density at radius 1 is 1.86 bits per heavy atom. The first-order valence-electron chi connectivity index (χ1n) is 2.11. The first-order chi connectivity index (χ1) is 3.27. The van der Waals surface area contributed by atoms with Crippen molar-refractivity contribution in [2.75, 3.05) is 6.54 Å². The summed E-state index contributed by atoms with van der Waals surface area (Å²) in [6, 6.07) is 0. The molecule has 0 amide bonds. The maximum atomic E-state index is 9.76. The molecule has 4 heteroatoms. The van der Waals surface area contributed by atoms with Crippen molar-refractivity contribution in [3.63, 3.8) is 0 Å². The minimum atomic E-state index is -1.82. The molecule has 0 bridgehead atoms. The molecule has 44 valence electrons. The number of hydrogen-bond donors (Lipinski definition) is 2. The highest BCUT2D eigenvalue weighted by Gasteiger charge is 1.84. The Kier molecular flexibility index (Phi) is 4.28. The highest BCUT2D eigenvalue weighted by Crippen LogP contribution is 1.69. The second-order valence-corrected chi connectivity index (χ2v) is 1.93. The van der Waals surface area contributed by atoms with E-state index >= 15 is 0 Å². The maximum absolute atomic E-state index is 9.76. The molecule has 0 heterocycles. The quantitative estimate of drug-likeness (QED) is 0.524. The van der Waals surface area contributed by atoms with Crippen LogP contribution in [0.3, 0.4) is 0 Å². The molecule has 0 saturated heterocycles. The number of rotatable bonds is 3. The summed E-state index contributed by atoms with van der Waals surface area (Å²) in [7, 11) is 0. The van der Waals surface area contributed by atoms with Gasteiger partial charge in [-0.25, -0.2) is 8.93 Å². The standard InChI is InChI=1S/C3H9NO2S/c1-2-3-4-7(5)6/h4H,2-3H2,1H3,(H,5,6). The van der Waals surface area contributed by atoms with Crippen molar-refractivity contribution in [2.45, 2.75) is 13.3 Å². The van der Waals surface area contributed by atoms with E-state index in [0.29, 0.717) is 6.54 Å². The monoisotopic (exact) mass is 123 g/mol. The Labute approximate surface area is 45.5 Å². The lowest BCUT2D eigenvalue weighted by atomic mass is 10.5. The Balaban J connectivity index is 2.82. The SMILES string of the molecule is CCCNS(=O)O. The summed E-state index contributed by atoms with van der Waals surface area (Å²) in [5.41, 5.74) is 0. The van der Waals surface area contributed by atoms with Crippen LogP contribution in [-0.4, -0.2) is 15.3 Å². The fourth-order valence-corrected chi connectivity index (χ4v) is 0.568. The molecule has 0 radical (unpaired) electrons. The van der Waals surface area contributed by atoms with E-state index in [-0.39, 0.29) is 0 Å². The van der Waals surface area contributed by atoms with Gasteiger partial charge >= 0.3 is 0 Å². The molecule has 1 unspecified atom stereocenters. The van der Waals surface area contributed by atoms with Crippen molar-refractivity contribution in [3.05, 3.63) is 0 Å². The van der Waals surface area contributed by atoms with Gasteiger partial charge in [-0.1, -0.05) is 6.92 Å². The molecule has 0 aromatic carbocycles. The lowest BCUT2D eigenvalue weighted by Crippen LogP contribution is -2.16. The van der Waals surface area contributed by atoms with Crippen molar-refractivity contribution in [1.29, 1.82) is 0 Å². The molecule has 7 heavy (non-hydrogen) atoms. The number of nitrogens with one attached hydrogen (secondary N) is 1. The van der Waals surface area contributed by atoms with E-state index in [4.69, 9.17) is 4.55 Å². The summed E-state index contributed by atoms with van der Waals surface area (Å²) in [6.07, 6.45) is 0.881. The van der Waals surface area contributed by atoms with Gasteiger partial charge in [-0.05, 0) is 6.42 Å². The fourth-order valence-electron chi connectivity index (χ4n) is 0.189. The van der Waals surface area contributed by atoms with E-state index in [0.717, 1.165) is 6.42 Å². The summed E-state index contributed by atoms with van der Waals surface area (Å²) >= 11 is -1.82. The van der Waals surface area contributed by atoms with Crippen molar-refractivity contribution in [2.24, 2.45) is 0 Å². The molecule has 1 atom stereocenters. The van der Waals surface area contributed by atoms with Crippen LogP contribution in [0.25, 0.3) is 0 Å². The van der Waals surface area contributed by atoms with Gasteiger partial charge in [-0.2, -0.15) is 0 Å². The van der Waals surface area contributed by atoms with Crippen LogP contribution in [0.1, 0.15) is 13.3 Å². The summed E-state index contributed by atoms with van der Waals surface area (Å²) in [4.78, 5) is 0. The second kappa shape index (κ2) is 4.23. The van der Waals surface area contributed by atoms with Gasteiger partial charge in [0.05, 0.1) is 0 Å². The molecule has 3 nitrogen and oxygen atoms in total. The van der Waals surface area contributed by atoms with Crippen LogP contribution >= 0.6 is 0 Å². The lowest BCUT2D eigenvalue weighted by molar-refractivity contribution is 0.548. The molecule has 0 aliphatic heterocycles. The maximum Gasteiger partial charge on any atom is 0.231 e. The van der Waals surface area contributed by atoms with E-state index in [1.54, 1.807) is 0 Å². The molecule has 0 aromatic rings. The molecule has 0 fully saturated rings. The van der Waals surface area contributed by atoms with Gasteiger partial charge in [0.2, 0.25) is 11.3 Å². The summed E-state index contributed by atoms with van der Waals surface area (Å²) in [5.74, 6) is 0. The van der Waals surface area contributed by atoms with Crippen LogP contribution in [-0.2, 0) is 11.3 Å². The van der Waals surface area contributed by atoms with Gasteiger partial charge in [0.1, 0.15) is 0 Å². The van der Waals surface area contributed by atoms with Gasteiger partial charge in [0.25, 0.3) is 0 Å². The molecule has 2 N–H and O–H groups in total. The van der Waals surface area contributed by atoms with Crippen molar-refractivity contribution < 1.29 is 8.76 Å². The van der Waals surface area contributed by atoms with Gasteiger partial charge in [-0.3, -0.25) is 4.55 Å². The molecule has 0 rings (SSSR count). The predicted octanol–water partition coefficient (Wildman–Crippen LogP) is 0.123. The highest BCUT2D eigenvalue weighted by atomic mass is 32.2. The Morgan fingerprint density at radius 3 is 2.57 bits per heavy atom. The summed E-state index contributed by atoms with van der Waals surface area (Å²) in [5, 5.41) is 0. The van der Waals surface area contributed by atoms with Crippen LogP contribution < -0.4 is 4.72 Å².